The number of carbonyl (C=O) groups is 2. The number of carboxylic acid groups (broad SMARTS) is 2. The van der Waals surface area contributed by atoms with Crippen molar-refractivity contribution in [1.82, 2.24) is 0 Å². The van der Waals surface area contributed by atoms with E-state index in [0.29, 0.717) is 5.82 Å². The van der Waals surface area contributed by atoms with Crippen molar-refractivity contribution in [3.05, 3.63) is 11.4 Å². The summed E-state index contributed by atoms with van der Waals surface area (Å²) in [6.07, 6.45) is -0.767. The van der Waals surface area contributed by atoms with Crippen LogP contribution in [0.2, 0.25) is 0 Å². The van der Waals surface area contributed by atoms with Crippen LogP contribution >= 0.6 is 8.03 Å². The molecule has 0 heterocycles. The Morgan fingerprint density at radius 1 is 1.33 bits per heavy atom. The molecule has 6 nitrogen and oxygen atoms in total. The van der Waals surface area contributed by atoms with Gasteiger partial charge in [-0.1, -0.05) is 0 Å². The van der Waals surface area contributed by atoms with Crippen molar-refractivity contribution < 1.29 is 29.3 Å². The summed E-state index contributed by atoms with van der Waals surface area (Å²) in [6, 6.07) is 0. The Balaban J connectivity index is 4.55. The highest BCUT2D eigenvalue weighted by atomic mass is 31.1. The van der Waals surface area contributed by atoms with Crippen molar-refractivity contribution in [3.8, 4) is 0 Å². The summed E-state index contributed by atoms with van der Waals surface area (Å²) in [5.41, 5.74) is -0.592. The molecule has 0 saturated carbocycles. The molecule has 1 atom stereocenters. The van der Waals surface area contributed by atoms with Crippen molar-refractivity contribution in [2.75, 3.05) is 0 Å². The molecule has 12 heavy (non-hydrogen) atoms. The van der Waals surface area contributed by atoms with Crippen LogP contribution < -0.4 is 0 Å². The first-order chi connectivity index (χ1) is 5.43. The van der Waals surface area contributed by atoms with Gasteiger partial charge in [0.15, 0.2) is 5.82 Å². The van der Waals surface area contributed by atoms with Gasteiger partial charge in [-0.15, -0.1) is 0 Å². The third-order valence-electron chi connectivity index (χ3n) is 0.883. The Hall–Kier alpha value is -1.26. The van der Waals surface area contributed by atoms with Crippen molar-refractivity contribution in [1.29, 1.82) is 0 Å². The molecule has 0 aliphatic rings. The molecule has 0 spiro atoms. The molecule has 0 saturated heterocycles. The number of hydrogen-bond donors (Lipinski definition) is 3. The second kappa shape index (κ2) is 4.58. The first kappa shape index (κ1) is 10.7. The maximum atomic E-state index is 10.2. The largest absolute Gasteiger partial charge is 0.538 e. The van der Waals surface area contributed by atoms with Crippen LogP contribution in [0.4, 0.5) is 0 Å². The Morgan fingerprint density at radius 3 is 2.08 bits per heavy atom. The Labute approximate surface area is 68.0 Å². The maximum absolute atomic E-state index is 10.2. The lowest BCUT2D eigenvalue weighted by atomic mass is 10.2. The summed E-state index contributed by atoms with van der Waals surface area (Å²) >= 11 is 0. The second-order valence-corrected chi connectivity index (χ2v) is 2.70. The monoisotopic (exact) mass is 193 g/mol. The van der Waals surface area contributed by atoms with E-state index in [1.807, 2.05) is 0 Å². The normalized spacial score (nSPS) is 12.4. The van der Waals surface area contributed by atoms with Gasteiger partial charge in [-0.2, -0.15) is 4.89 Å². The highest BCUT2D eigenvalue weighted by molar-refractivity contribution is 7.41. The maximum Gasteiger partial charge on any atom is 0.538 e. The minimum absolute atomic E-state index is 0.506. The van der Waals surface area contributed by atoms with E-state index >= 15 is 0 Å². The Morgan fingerprint density at radius 2 is 1.83 bits per heavy atom. The zero-order chi connectivity index (χ0) is 9.72. The molecule has 0 amide bonds. The average Bonchev–Trinajstić information content (AvgIpc) is 1.83. The lowest BCUT2D eigenvalue weighted by Crippen LogP contribution is -2.06. The molecule has 0 radical (unpaired) electrons. The fraction of sp³-hybridized carbons (Fsp3) is 0.200. The minimum Gasteiger partial charge on any atom is -0.481 e. The summed E-state index contributed by atoms with van der Waals surface area (Å²) in [5.74, 6) is -2.36. The van der Waals surface area contributed by atoms with Crippen molar-refractivity contribution in [2.45, 2.75) is 6.42 Å². The van der Waals surface area contributed by atoms with E-state index in [1.165, 1.54) is 0 Å². The number of carboxylic acids is 2. The lowest BCUT2D eigenvalue weighted by Gasteiger charge is -1.91. The summed E-state index contributed by atoms with van der Waals surface area (Å²) in [5, 5.41) is 16.5. The highest BCUT2D eigenvalue weighted by Gasteiger charge is 2.18. The third kappa shape index (κ3) is 4.54. The molecule has 3 N–H and O–H groups in total. The second-order valence-electron chi connectivity index (χ2n) is 1.83. The van der Waals surface area contributed by atoms with E-state index in [2.05, 4.69) is 0 Å². The minimum atomic E-state index is -2.76. The fourth-order valence-corrected chi connectivity index (χ4v) is 0.941. The van der Waals surface area contributed by atoms with Gasteiger partial charge < -0.3 is 10.2 Å². The molecular weight excluding hydrogens is 187 g/mol. The Bertz CT molecular complexity index is 255. The fourth-order valence-electron chi connectivity index (χ4n) is 0.473. The van der Waals surface area contributed by atoms with Gasteiger partial charge in [-0.25, -0.2) is 4.79 Å². The molecule has 0 aliphatic heterocycles. The van der Waals surface area contributed by atoms with Crippen LogP contribution in [-0.4, -0.2) is 27.0 Å². The predicted molar refractivity (Wildman–Crippen MR) is 37.8 cm³/mol. The van der Waals surface area contributed by atoms with E-state index < -0.39 is 32.0 Å². The van der Waals surface area contributed by atoms with Crippen LogP contribution in [0.5, 0.6) is 0 Å². The third-order valence-corrected chi connectivity index (χ3v) is 1.42. The quantitative estimate of drug-likeness (QED) is 0.433. The topological polar surface area (TPSA) is 112 Å². The number of hydrogen-bond acceptors (Lipinski definition) is 3. The van der Waals surface area contributed by atoms with E-state index in [4.69, 9.17) is 15.1 Å². The van der Waals surface area contributed by atoms with Gasteiger partial charge in [-0.05, 0) is 4.57 Å². The molecule has 0 bridgehead atoms. The molecule has 0 aliphatic carbocycles. The number of aliphatic carboxylic acids is 2. The predicted octanol–water partition coefficient (Wildman–Crippen LogP) is 0.164. The first-order valence-electron chi connectivity index (χ1n) is 2.74. The molecule has 0 aromatic rings. The lowest BCUT2D eigenvalue weighted by molar-refractivity contribution is -0.139. The zero-order valence-electron chi connectivity index (χ0n) is 5.80. The zero-order valence-corrected chi connectivity index (χ0v) is 6.69. The molecule has 66 valence electrons. The summed E-state index contributed by atoms with van der Waals surface area (Å²) in [6.45, 7) is 0. The van der Waals surface area contributed by atoms with Gasteiger partial charge in [0.2, 0.25) is 0 Å². The molecule has 0 fully saturated rings. The van der Waals surface area contributed by atoms with Crippen LogP contribution in [0, 0.1) is 0 Å². The number of rotatable bonds is 4. The van der Waals surface area contributed by atoms with Gasteiger partial charge in [0.25, 0.3) is 0 Å². The van der Waals surface area contributed by atoms with Crippen LogP contribution in [0.15, 0.2) is 11.4 Å². The molecule has 0 aromatic heterocycles. The molecular formula is C5H6O6P+. The van der Waals surface area contributed by atoms with Crippen LogP contribution in [0.1, 0.15) is 6.42 Å². The van der Waals surface area contributed by atoms with E-state index in [9.17, 15) is 14.2 Å². The van der Waals surface area contributed by atoms with E-state index in [0.717, 1.165) is 0 Å². The van der Waals surface area contributed by atoms with Gasteiger partial charge in [-0.3, -0.25) is 4.79 Å². The van der Waals surface area contributed by atoms with E-state index in [1.54, 1.807) is 0 Å². The van der Waals surface area contributed by atoms with Crippen LogP contribution in [0.3, 0.4) is 0 Å². The standard InChI is InChI=1S/C5H5O6P/c6-4(7)1-3(5(8)9)2-12(10)11/h2H,1H2,(H2-,6,7,8,9,10,11)/p+1/b3-2-. The Kier molecular flexibility index (Phi) is 4.10. The molecule has 1 unspecified atom stereocenters. The first-order valence-corrected chi connectivity index (χ1v) is 4.02. The van der Waals surface area contributed by atoms with Crippen LogP contribution in [-0.2, 0) is 14.2 Å². The smallest absolute Gasteiger partial charge is 0.481 e. The summed E-state index contributed by atoms with van der Waals surface area (Å²) in [7, 11) is -2.76. The van der Waals surface area contributed by atoms with Gasteiger partial charge in [0.05, 0.1) is 12.0 Å². The van der Waals surface area contributed by atoms with Crippen molar-refractivity contribution >= 4 is 20.0 Å². The molecule has 7 heteroatoms. The van der Waals surface area contributed by atoms with E-state index in [-0.39, 0.29) is 0 Å². The van der Waals surface area contributed by atoms with Crippen LogP contribution in [0.25, 0.3) is 0 Å². The summed E-state index contributed by atoms with van der Waals surface area (Å²) < 4.78 is 10.1. The average molecular weight is 193 g/mol. The van der Waals surface area contributed by atoms with Crippen molar-refractivity contribution in [2.24, 2.45) is 0 Å². The van der Waals surface area contributed by atoms with Gasteiger partial charge >= 0.3 is 20.0 Å². The molecule has 0 rings (SSSR count). The highest BCUT2D eigenvalue weighted by Crippen LogP contribution is 2.19. The van der Waals surface area contributed by atoms with Gasteiger partial charge in [0.1, 0.15) is 0 Å². The molecule has 0 aromatic carbocycles. The van der Waals surface area contributed by atoms with Crippen molar-refractivity contribution in [3.63, 3.8) is 0 Å². The SMILES string of the molecule is O=C(O)C/C(=C/[P+](=O)O)C(=O)O. The van der Waals surface area contributed by atoms with Gasteiger partial charge in [0, 0.05) is 0 Å². The summed E-state index contributed by atoms with van der Waals surface area (Å²) in [4.78, 5) is 28.5.